The summed E-state index contributed by atoms with van der Waals surface area (Å²) >= 11 is 0. The third-order valence-corrected chi connectivity index (χ3v) is 4.77. The first kappa shape index (κ1) is 26.9. The minimum absolute atomic E-state index is 0.0648. The molecule has 0 fully saturated rings. The number of hydrogen-bond acceptors (Lipinski definition) is 3. The van der Waals surface area contributed by atoms with Gasteiger partial charge in [-0.05, 0) is 43.9 Å². The van der Waals surface area contributed by atoms with Gasteiger partial charge in [-0.15, -0.1) is 0 Å². The summed E-state index contributed by atoms with van der Waals surface area (Å²) in [6.45, 7) is 22.5. The Morgan fingerprint density at radius 3 is 1.82 bits per heavy atom. The zero-order chi connectivity index (χ0) is 22.2. The van der Waals surface area contributed by atoms with Crippen molar-refractivity contribution >= 4 is 11.8 Å². The Balaban J connectivity index is 4.20. The fourth-order valence-corrected chi connectivity index (χ4v) is 2.43. The van der Waals surface area contributed by atoms with Crippen molar-refractivity contribution < 1.29 is 14.3 Å². The van der Waals surface area contributed by atoms with E-state index in [1.165, 1.54) is 0 Å². The maximum atomic E-state index is 12.4. The number of carbonyl (C=O) groups excluding carboxylic acids is 2. The van der Waals surface area contributed by atoms with Gasteiger partial charge >= 0.3 is 0 Å². The second-order valence-corrected chi connectivity index (χ2v) is 11.6. The number of amides is 2. The predicted molar refractivity (Wildman–Crippen MR) is 117 cm³/mol. The Morgan fingerprint density at radius 2 is 1.32 bits per heavy atom. The zero-order valence-corrected chi connectivity index (χ0v) is 20.2. The van der Waals surface area contributed by atoms with Crippen molar-refractivity contribution in [3.05, 3.63) is 0 Å². The van der Waals surface area contributed by atoms with Crippen LogP contribution in [0, 0.1) is 16.2 Å². The standard InChI is InChI=1S/C23H46N2O3/c1-20(2,3)12-11-18(26)24-15-13-23(9,10)28-16-14-22(7,8)19(27)25-17-21(4,5)6/h11-17H2,1-10H3,(H,24,26)(H,25,27). The largest absolute Gasteiger partial charge is 0.375 e. The lowest BCUT2D eigenvalue weighted by atomic mass is 9.87. The highest BCUT2D eigenvalue weighted by molar-refractivity contribution is 5.81. The lowest BCUT2D eigenvalue weighted by molar-refractivity contribution is -0.132. The van der Waals surface area contributed by atoms with Gasteiger partial charge in [-0.3, -0.25) is 9.59 Å². The Morgan fingerprint density at radius 1 is 0.750 bits per heavy atom. The molecule has 0 aromatic heterocycles. The summed E-state index contributed by atoms with van der Waals surface area (Å²) in [7, 11) is 0. The molecule has 0 bridgehead atoms. The second kappa shape index (κ2) is 10.6. The molecule has 28 heavy (non-hydrogen) atoms. The van der Waals surface area contributed by atoms with Gasteiger partial charge in [-0.2, -0.15) is 0 Å². The van der Waals surface area contributed by atoms with Crippen molar-refractivity contribution in [3.63, 3.8) is 0 Å². The number of carbonyl (C=O) groups is 2. The molecule has 0 rings (SSSR count). The van der Waals surface area contributed by atoms with Crippen LogP contribution in [-0.4, -0.2) is 37.1 Å². The van der Waals surface area contributed by atoms with E-state index in [1.54, 1.807) is 0 Å². The molecular weight excluding hydrogens is 352 g/mol. The SMILES string of the molecule is CC(C)(C)CCC(=O)NCCC(C)(C)OCCC(C)(C)C(=O)NCC(C)(C)C. The summed E-state index contributed by atoms with van der Waals surface area (Å²) in [5.74, 6) is 0.164. The van der Waals surface area contributed by atoms with E-state index in [0.717, 1.165) is 12.8 Å². The Hall–Kier alpha value is -1.10. The van der Waals surface area contributed by atoms with Crippen LogP contribution < -0.4 is 10.6 Å². The predicted octanol–water partition coefficient (Wildman–Crippen LogP) is 4.69. The van der Waals surface area contributed by atoms with Crippen molar-refractivity contribution in [3.8, 4) is 0 Å². The lowest BCUT2D eigenvalue weighted by Gasteiger charge is -2.30. The molecule has 0 aliphatic rings. The maximum Gasteiger partial charge on any atom is 0.225 e. The van der Waals surface area contributed by atoms with Crippen LogP contribution in [0.15, 0.2) is 0 Å². The van der Waals surface area contributed by atoms with Crippen molar-refractivity contribution in [2.45, 2.75) is 101 Å². The number of rotatable bonds is 11. The number of hydrogen-bond donors (Lipinski definition) is 2. The maximum absolute atomic E-state index is 12.4. The van der Waals surface area contributed by atoms with Crippen molar-refractivity contribution in [2.75, 3.05) is 19.7 Å². The number of nitrogens with one attached hydrogen (secondary N) is 2. The van der Waals surface area contributed by atoms with E-state index in [-0.39, 0.29) is 28.2 Å². The molecule has 2 N–H and O–H groups in total. The average Bonchev–Trinajstić information content (AvgIpc) is 2.48. The Kier molecular flexibility index (Phi) is 10.2. The monoisotopic (exact) mass is 398 g/mol. The minimum atomic E-state index is -0.470. The van der Waals surface area contributed by atoms with Crippen molar-refractivity contribution in [2.24, 2.45) is 16.2 Å². The minimum Gasteiger partial charge on any atom is -0.375 e. The summed E-state index contributed by atoms with van der Waals surface area (Å²) in [6, 6.07) is 0. The molecule has 0 spiro atoms. The van der Waals surface area contributed by atoms with E-state index in [0.29, 0.717) is 32.5 Å². The van der Waals surface area contributed by atoms with E-state index >= 15 is 0 Å². The van der Waals surface area contributed by atoms with Crippen LogP contribution in [-0.2, 0) is 14.3 Å². The molecule has 0 unspecified atom stereocenters. The third kappa shape index (κ3) is 14.0. The molecule has 0 aliphatic carbocycles. The van der Waals surface area contributed by atoms with Crippen LogP contribution in [0.4, 0.5) is 0 Å². The molecule has 0 aromatic rings. The van der Waals surface area contributed by atoms with Crippen LogP contribution >= 0.6 is 0 Å². The number of ether oxygens (including phenoxy) is 1. The summed E-state index contributed by atoms with van der Waals surface area (Å²) in [5, 5.41) is 6.02. The van der Waals surface area contributed by atoms with E-state index in [4.69, 9.17) is 4.74 Å². The molecule has 0 aromatic carbocycles. The second-order valence-electron chi connectivity index (χ2n) is 11.6. The molecule has 5 heteroatoms. The molecule has 0 atom stereocenters. The summed E-state index contributed by atoms with van der Waals surface area (Å²) < 4.78 is 6.03. The van der Waals surface area contributed by atoms with Gasteiger partial charge in [0, 0.05) is 31.5 Å². The highest BCUT2D eigenvalue weighted by atomic mass is 16.5. The average molecular weight is 399 g/mol. The van der Waals surface area contributed by atoms with Gasteiger partial charge in [0.25, 0.3) is 0 Å². The fourth-order valence-electron chi connectivity index (χ4n) is 2.43. The van der Waals surface area contributed by atoms with Crippen molar-refractivity contribution in [1.29, 1.82) is 0 Å². The zero-order valence-electron chi connectivity index (χ0n) is 20.2. The van der Waals surface area contributed by atoms with Crippen LogP contribution in [0.5, 0.6) is 0 Å². The van der Waals surface area contributed by atoms with Crippen LogP contribution in [0.25, 0.3) is 0 Å². The Bertz CT molecular complexity index is 497. The van der Waals surface area contributed by atoms with E-state index < -0.39 is 5.41 Å². The molecule has 0 saturated heterocycles. The van der Waals surface area contributed by atoms with Crippen LogP contribution in [0.2, 0.25) is 0 Å². The van der Waals surface area contributed by atoms with Gasteiger partial charge in [0.1, 0.15) is 0 Å². The van der Waals surface area contributed by atoms with Gasteiger partial charge in [0.05, 0.1) is 5.60 Å². The first-order valence-corrected chi connectivity index (χ1v) is 10.6. The topological polar surface area (TPSA) is 67.4 Å². The molecule has 0 heterocycles. The molecule has 5 nitrogen and oxygen atoms in total. The fraction of sp³-hybridized carbons (Fsp3) is 0.913. The van der Waals surface area contributed by atoms with Gasteiger partial charge in [-0.25, -0.2) is 0 Å². The summed E-state index contributed by atoms with van der Waals surface area (Å²) in [5.41, 5.74) is -0.564. The first-order chi connectivity index (χ1) is 12.4. The highest BCUT2D eigenvalue weighted by Gasteiger charge is 2.29. The molecule has 2 amide bonds. The van der Waals surface area contributed by atoms with E-state index in [1.807, 2.05) is 27.7 Å². The quantitative estimate of drug-likeness (QED) is 0.530. The van der Waals surface area contributed by atoms with E-state index in [2.05, 4.69) is 52.2 Å². The van der Waals surface area contributed by atoms with Gasteiger partial charge in [0.15, 0.2) is 0 Å². The van der Waals surface area contributed by atoms with Gasteiger partial charge in [0.2, 0.25) is 11.8 Å². The third-order valence-electron chi connectivity index (χ3n) is 4.77. The van der Waals surface area contributed by atoms with Gasteiger partial charge < -0.3 is 15.4 Å². The smallest absolute Gasteiger partial charge is 0.225 e. The lowest BCUT2D eigenvalue weighted by Crippen LogP contribution is -2.42. The van der Waals surface area contributed by atoms with Crippen LogP contribution in [0.1, 0.15) is 94.9 Å². The van der Waals surface area contributed by atoms with Crippen molar-refractivity contribution in [1.82, 2.24) is 10.6 Å². The highest BCUT2D eigenvalue weighted by Crippen LogP contribution is 2.24. The normalized spacial score (nSPS) is 13.4. The van der Waals surface area contributed by atoms with E-state index in [9.17, 15) is 9.59 Å². The van der Waals surface area contributed by atoms with Gasteiger partial charge in [-0.1, -0.05) is 55.4 Å². The molecular formula is C23H46N2O3. The molecule has 166 valence electrons. The Labute approximate surface area is 173 Å². The molecule has 0 aliphatic heterocycles. The molecule has 0 saturated carbocycles. The van der Waals surface area contributed by atoms with Crippen LogP contribution in [0.3, 0.4) is 0 Å². The summed E-state index contributed by atoms with van der Waals surface area (Å²) in [6.07, 6.45) is 2.84. The summed E-state index contributed by atoms with van der Waals surface area (Å²) in [4.78, 5) is 24.4. The first-order valence-electron chi connectivity index (χ1n) is 10.6. The molecule has 0 radical (unpaired) electrons.